The molecule has 2 bridgehead atoms. The summed E-state index contributed by atoms with van der Waals surface area (Å²) in [6.45, 7) is 2.12. The summed E-state index contributed by atoms with van der Waals surface area (Å²) in [5.74, 6) is -1.79. The highest BCUT2D eigenvalue weighted by Crippen LogP contribution is 2.45. The number of halogens is 1. The zero-order valence-corrected chi connectivity index (χ0v) is 16.5. The fourth-order valence-electron chi connectivity index (χ4n) is 5.22. The molecule has 1 saturated carbocycles. The molecule has 3 aliphatic rings. The molecule has 0 radical (unpaired) electrons. The highest BCUT2D eigenvalue weighted by atomic mass is 19.1. The van der Waals surface area contributed by atoms with Gasteiger partial charge in [0, 0.05) is 30.9 Å². The molecule has 1 aliphatic carbocycles. The van der Waals surface area contributed by atoms with E-state index in [9.17, 15) is 23.9 Å². The average molecular weight is 411 g/mol. The lowest BCUT2D eigenvalue weighted by atomic mass is 9.95. The minimum absolute atomic E-state index is 0.0308. The molecule has 156 valence electrons. The molecule has 2 N–H and O–H groups in total. The summed E-state index contributed by atoms with van der Waals surface area (Å²) in [6, 6.07) is 4.88. The number of nitrogens with one attached hydrogen (secondary N) is 1. The van der Waals surface area contributed by atoms with Crippen LogP contribution in [0, 0.1) is 18.7 Å². The van der Waals surface area contributed by atoms with Crippen LogP contribution in [-0.2, 0) is 13.1 Å². The third-order valence-electron chi connectivity index (χ3n) is 6.71. The standard InChI is InChI=1S/C22H22FN3O4/c1-11-2-3-13(16(23)6-11)8-24-21(29)15-9-25-10-17-12-4-5-14(7-12)26(17)22(30)18(25)20(28)19(15)27/h2-3,6,9,12,14,17,28H,4-5,7-8,10H2,1H3,(H,24,29)/t12-,14+,17+/m0/s1. The monoisotopic (exact) mass is 411 g/mol. The van der Waals surface area contributed by atoms with Crippen LogP contribution in [0.3, 0.4) is 0 Å². The second-order valence-corrected chi connectivity index (χ2v) is 8.51. The number of benzene rings is 1. The summed E-state index contributed by atoms with van der Waals surface area (Å²) in [4.78, 5) is 40.1. The summed E-state index contributed by atoms with van der Waals surface area (Å²) in [5.41, 5.74) is -0.138. The minimum Gasteiger partial charge on any atom is -0.503 e. The van der Waals surface area contributed by atoms with Crippen molar-refractivity contribution < 1.29 is 19.1 Å². The predicted octanol–water partition coefficient (Wildman–Crippen LogP) is 1.94. The third kappa shape index (κ3) is 2.74. The first-order valence-corrected chi connectivity index (χ1v) is 10.2. The van der Waals surface area contributed by atoms with Crippen LogP contribution in [0.25, 0.3) is 0 Å². The number of piperidine rings is 1. The number of hydrogen-bond donors (Lipinski definition) is 2. The molecule has 0 unspecified atom stereocenters. The summed E-state index contributed by atoms with van der Waals surface area (Å²) < 4.78 is 15.5. The maximum absolute atomic E-state index is 14.0. The van der Waals surface area contributed by atoms with Crippen LogP contribution >= 0.6 is 0 Å². The van der Waals surface area contributed by atoms with E-state index in [1.54, 1.807) is 19.1 Å². The summed E-state index contributed by atoms with van der Waals surface area (Å²) in [5, 5.41) is 13.0. The summed E-state index contributed by atoms with van der Waals surface area (Å²) in [7, 11) is 0. The van der Waals surface area contributed by atoms with Crippen molar-refractivity contribution in [1.29, 1.82) is 0 Å². The molecule has 3 heterocycles. The maximum atomic E-state index is 14.0. The fraction of sp³-hybridized carbons (Fsp3) is 0.409. The highest BCUT2D eigenvalue weighted by molar-refractivity contribution is 5.99. The van der Waals surface area contributed by atoms with Crippen LogP contribution in [0.5, 0.6) is 5.75 Å². The van der Waals surface area contributed by atoms with E-state index in [0.717, 1.165) is 24.8 Å². The fourth-order valence-corrected chi connectivity index (χ4v) is 5.22. The first-order chi connectivity index (χ1) is 14.3. The molecule has 2 fully saturated rings. The number of pyridine rings is 1. The van der Waals surface area contributed by atoms with Crippen LogP contribution in [0.1, 0.15) is 51.2 Å². The van der Waals surface area contributed by atoms with E-state index >= 15 is 0 Å². The average Bonchev–Trinajstić information content (AvgIpc) is 3.32. The Morgan fingerprint density at radius 3 is 2.87 bits per heavy atom. The first-order valence-electron chi connectivity index (χ1n) is 10.2. The number of amides is 2. The third-order valence-corrected chi connectivity index (χ3v) is 6.71. The van der Waals surface area contributed by atoms with Gasteiger partial charge >= 0.3 is 0 Å². The van der Waals surface area contributed by atoms with Gasteiger partial charge in [0.2, 0.25) is 5.43 Å². The van der Waals surface area contributed by atoms with Gasteiger partial charge in [-0.15, -0.1) is 0 Å². The van der Waals surface area contributed by atoms with Crippen molar-refractivity contribution in [2.24, 2.45) is 5.92 Å². The molecule has 2 amide bonds. The number of aryl methyl sites for hydroxylation is 1. The van der Waals surface area contributed by atoms with Crippen molar-refractivity contribution in [2.45, 2.75) is 51.4 Å². The van der Waals surface area contributed by atoms with E-state index < -0.39 is 22.9 Å². The zero-order valence-electron chi connectivity index (χ0n) is 16.5. The van der Waals surface area contributed by atoms with Crippen molar-refractivity contribution in [3.05, 3.63) is 62.8 Å². The van der Waals surface area contributed by atoms with E-state index in [-0.39, 0.29) is 35.8 Å². The molecule has 1 aromatic heterocycles. The van der Waals surface area contributed by atoms with Gasteiger partial charge < -0.3 is 19.9 Å². The van der Waals surface area contributed by atoms with Gasteiger partial charge in [0.25, 0.3) is 11.8 Å². The normalized spacial score (nSPS) is 24.0. The predicted molar refractivity (Wildman–Crippen MR) is 106 cm³/mol. The van der Waals surface area contributed by atoms with Gasteiger partial charge in [-0.25, -0.2) is 4.39 Å². The molecule has 30 heavy (non-hydrogen) atoms. The van der Waals surface area contributed by atoms with Crippen molar-refractivity contribution in [2.75, 3.05) is 0 Å². The lowest BCUT2D eigenvalue weighted by Crippen LogP contribution is -2.52. The Morgan fingerprint density at radius 1 is 1.30 bits per heavy atom. The first kappa shape index (κ1) is 18.8. The number of carbonyl (C=O) groups is 2. The van der Waals surface area contributed by atoms with Crippen molar-refractivity contribution in [1.82, 2.24) is 14.8 Å². The molecule has 3 atom stereocenters. The Morgan fingerprint density at radius 2 is 2.10 bits per heavy atom. The van der Waals surface area contributed by atoms with Gasteiger partial charge in [-0.1, -0.05) is 12.1 Å². The molecule has 2 aromatic rings. The van der Waals surface area contributed by atoms with E-state index in [2.05, 4.69) is 5.32 Å². The van der Waals surface area contributed by atoms with E-state index in [1.807, 2.05) is 4.90 Å². The van der Waals surface area contributed by atoms with Crippen LogP contribution in [0.2, 0.25) is 0 Å². The quantitative estimate of drug-likeness (QED) is 0.808. The largest absolute Gasteiger partial charge is 0.503 e. The number of aromatic hydroxyl groups is 1. The maximum Gasteiger partial charge on any atom is 0.275 e. The highest BCUT2D eigenvalue weighted by Gasteiger charge is 2.51. The van der Waals surface area contributed by atoms with Gasteiger partial charge in [0.15, 0.2) is 11.4 Å². The number of hydrogen-bond acceptors (Lipinski definition) is 4. The van der Waals surface area contributed by atoms with Crippen LogP contribution in [-0.4, -0.2) is 38.5 Å². The zero-order chi connectivity index (χ0) is 21.2. The summed E-state index contributed by atoms with van der Waals surface area (Å²) in [6.07, 6.45) is 4.31. The SMILES string of the molecule is Cc1ccc(CNC(=O)c2cn3c(c(O)c2=O)C(=O)N2[C@@H]4CC[C@@H](C4)[C@H]2C3)c(F)c1. The van der Waals surface area contributed by atoms with E-state index in [1.165, 1.54) is 16.8 Å². The lowest BCUT2D eigenvalue weighted by molar-refractivity contribution is 0.0482. The van der Waals surface area contributed by atoms with Gasteiger partial charge in [-0.3, -0.25) is 14.4 Å². The smallest absolute Gasteiger partial charge is 0.275 e. The molecule has 8 heteroatoms. The van der Waals surface area contributed by atoms with Crippen LogP contribution in [0.4, 0.5) is 4.39 Å². The molecular formula is C22H22FN3O4. The molecule has 1 saturated heterocycles. The topological polar surface area (TPSA) is 91.6 Å². The molecular weight excluding hydrogens is 389 g/mol. The van der Waals surface area contributed by atoms with E-state index in [4.69, 9.17) is 0 Å². The molecule has 5 rings (SSSR count). The molecule has 7 nitrogen and oxygen atoms in total. The second kappa shape index (κ2) is 6.68. The molecule has 1 aromatic carbocycles. The van der Waals surface area contributed by atoms with E-state index in [0.29, 0.717) is 18.0 Å². The Bertz CT molecular complexity index is 1140. The molecule has 2 aliphatic heterocycles. The number of fused-ring (bicyclic) bond motifs is 6. The number of nitrogens with zero attached hydrogens (tertiary/aromatic N) is 2. The minimum atomic E-state index is -0.890. The Hall–Kier alpha value is -3.16. The van der Waals surface area contributed by atoms with Gasteiger partial charge in [0.1, 0.15) is 11.4 Å². The van der Waals surface area contributed by atoms with Gasteiger partial charge in [-0.2, -0.15) is 0 Å². The summed E-state index contributed by atoms with van der Waals surface area (Å²) >= 11 is 0. The number of carbonyl (C=O) groups excluding carboxylic acids is 2. The van der Waals surface area contributed by atoms with Crippen LogP contribution in [0.15, 0.2) is 29.2 Å². The number of rotatable bonds is 3. The Balaban J connectivity index is 1.44. The second-order valence-electron chi connectivity index (χ2n) is 8.51. The Labute approximate surface area is 172 Å². The lowest BCUT2D eigenvalue weighted by Gasteiger charge is -2.40. The van der Waals surface area contributed by atoms with Gasteiger partial charge in [0.05, 0.1) is 6.04 Å². The number of aromatic nitrogens is 1. The van der Waals surface area contributed by atoms with Gasteiger partial charge in [-0.05, 0) is 43.7 Å². The van der Waals surface area contributed by atoms with Crippen molar-refractivity contribution >= 4 is 11.8 Å². The molecule has 0 spiro atoms. The van der Waals surface area contributed by atoms with Crippen LogP contribution < -0.4 is 10.7 Å². The Kier molecular flexibility index (Phi) is 4.20. The van der Waals surface area contributed by atoms with Crippen molar-refractivity contribution in [3.63, 3.8) is 0 Å². The van der Waals surface area contributed by atoms with Crippen molar-refractivity contribution in [3.8, 4) is 5.75 Å².